The molecular weight excluding hydrogens is 174 g/mol. The number of hydrogen-bond acceptors (Lipinski definition) is 3. The summed E-state index contributed by atoms with van der Waals surface area (Å²) in [6.45, 7) is 2.86. The number of guanidine groups is 1. The minimum absolute atomic E-state index is 0.101. The van der Waals surface area contributed by atoms with Crippen molar-refractivity contribution in [3.05, 3.63) is 0 Å². The zero-order valence-corrected chi connectivity index (χ0v) is 8.02. The molecule has 4 N–H and O–H groups in total. The molecule has 1 atom stereocenters. The van der Waals surface area contributed by atoms with Crippen molar-refractivity contribution in [1.82, 2.24) is 5.48 Å². The van der Waals surface area contributed by atoms with Crippen molar-refractivity contribution in [1.29, 1.82) is 0 Å². The van der Waals surface area contributed by atoms with E-state index in [4.69, 9.17) is 10.9 Å². The predicted octanol–water partition coefficient (Wildman–Crippen LogP) is 0.566. The molecule has 0 bridgehead atoms. The molecule has 70 valence electrons. The van der Waals surface area contributed by atoms with Crippen molar-refractivity contribution in [3.8, 4) is 0 Å². The molecule has 0 aromatic heterocycles. The van der Waals surface area contributed by atoms with Crippen LogP contribution in [0.15, 0.2) is 4.99 Å². The predicted molar refractivity (Wildman–Crippen MR) is 51.5 cm³/mol. The average Bonchev–Trinajstić information content (AvgIpc) is 2.49. The van der Waals surface area contributed by atoms with Crippen LogP contribution in [0, 0.1) is 0 Å². The molecule has 0 amide bonds. The first-order valence-corrected chi connectivity index (χ1v) is 4.99. The van der Waals surface area contributed by atoms with Crippen molar-refractivity contribution >= 4 is 17.7 Å². The van der Waals surface area contributed by atoms with Gasteiger partial charge in [-0.3, -0.25) is 10.2 Å². The molecule has 1 aliphatic rings. The van der Waals surface area contributed by atoms with Crippen molar-refractivity contribution in [3.63, 3.8) is 0 Å². The number of rotatable bonds is 2. The third-order valence-corrected chi connectivity index (χ3v) is 3.52. The normalized spacial score (nSPS) is 30.7. The highest BCUT2D eigenvalue weighted by molar-refractivity contribution is 8.00. The zero-order valence-electron chi connectivity index (χ0n) is 7.21. The quantitative estimate of drug-likeness (QED) is 0.337. The Morgan fingerprint density at radius 3 is 3.08 bits per heavy atom. The van der Waals surface area contributed by atoms with Gasteiger partial charge in [0.25, 0.3) is 0 Å². The molecule has 1 aliphatic heterocycles. The second-order valence-corrected chi connectivity index (χ2v) is 4.90. The molecule has 4 nitrogen and oxygen atoms in total. The van der Waals surface area contributed by atoms with E-state index in [-0.39, 0.29) is 10.7 Å². The monoisotopic (exact) mass is 189 g/mol. The van der Waals surface area contributed by atoms with Gasteiger partial charge in [-0.2, -0.15) is 11.8 Å². The van der Waals surface area contributed by atoms with E-state index < -0.39 is 0 Å². The number of nitrogens with two attached hydrogens (primary N) is 1. The largest absolute Gasteiger partial charge is 0.368 e. The number of thioether (sulfide) groups is 1. The zero-order chi connectivity index (χ0) is 9.03. The fourth-order valence-corrected chi connectivity index (χ4v) is 2.48. The van der Waals surface area contributed by atoms with Gasteiger partial charge >= 0.3 is 0 Å². The molecule has 0 aromatic carbocycles. The van der Waals surface area contributed by atoms with Crippen LogP contribution in [0.1, 0.15) is 19.8 Å². The molecule has 0 spiro atoms. The lowest BCUT2D eigenvalue weighted by Gasteiger charge is -2.19. The standard InChI is InChI=1S/C7H15N3OS/c1-7(3-2-4-12-7)5-9-6(8)10-11/h11H,2-5H2,1H3,(H3,8,9,10). The summed E-state index contributed by atoms with van der Waals surface area (Å²) in [5.74, 6) is 1.31. The maximum Gasteiger partial charge on any atom is 0.212 e. The topological polar surface area (TPSA) is 70.6 Å². The average molecular weight is 189 g/mol. The van der Waals surface area contributed by atoms with E-state index in [0.717, 1.165) is 0 Å². The van der Waals surface area contributed by atoms with Crippen LogP contribution in [-0.4, -0.2) is 28.2 Å². The third kappa shape index (κ3) is 2.57. The Hall–Kier alpha value is -0.420. The second kappa shape index (κ2) is 4.00. The highest BCUT2D eigenvalue weighted by atomic mass is 32.2. The minimum Gasteiger partial charge on any atom is -0.368 e. The summed E-state index contributed by atoms with van der Waals surface area (Å²) in [5.41, 5.74) is 7.11. The van der Waals surface area contributed by atoms with E-state index in [1.807, 2.05) is 17.2 Å². The summed E-state index contributed by atoms with van der Waals surface area (Å²) in [6, 6.07) is 0. The van der Waals surface area contributed by atoms with Crippen LogP contribution in [0.4, 0.5) is 0 Å². The molecule has 0 aromatic rings. The number of hydroxylamine groups is 1. The van der Waals surface area contributed by atoms with Gasteiger partial charge < -0.3 is 5.73 Å². The molecule has 1 heterocycles. The van der Waals surface area contributed by atoms with Gasteiger partial charge in [0.1, 0.15) is 0 Å². The van der Waals surface area contributed by atoms with Crippen molar-refractivity contribution in [2.75, 3.05) is 12.3 Å². The molecule has 12 heavy (non-hydrogen) atoms. The van der Waals surface area contributed by atoms with Crippen LogP contribution >= 0.6 is 11.8 Å². The molecule has 0 saturated carbocycles. The van der Waals surface area contributed by atoms with Crippen LogP contribution in [0.25, 0.3) is 0 Å². The molecule has 5 heteroatoms. The third-order valence-electron chi connectivity index (χ3n) is 2.00. The van der Waals surface area contributed by atoms with E-state index in [2.05, 4.69) is 11.9 Å². The lowest BCUT2D eigenvalue weighted by atomic mass is 10.1. The van der Waals surface area contributed by atoms with Gasteiger partial charge in [0.2, 0.25) is 5.96 Å². The van der Waals surface area contributed by atoms with E-state index >= 15 is 0 Å². The van der Waals surface area contributed by atoms with Gasteiger partial charge in [0.05, 0.1) is 6.54 Å². The number of nitrogens with one attached hydrogen (secondary N) is 1. The summed E-state index contributed by atoms with van der Waals surface area (Å²) in [4.78, 5) is 4.01. The Morgan fingerprint density at radius 1 is 1.83 bits per heavy atom. The van der Waals surface area contributed by atoms with Gasteiger partial charge in [-0.25, -0.2) is 5.48 Å². The molecular formula is C7H15N3OS. The summed E-state index contributed by atoms with van der Waals surface area (Å²) in [5, 5.41) is 8.38. The SMILES string of the molecule is CC1(CN=C(N)NO)CCCS1. The lowest BCUT2D eigenvalue weighted by molar-refractivity contribution is 0.232. The Labute approximate surface area is 76.6 Å². The Kier molecular flexibility index (Phi) is 3.22. The molecule has 0 aliphatic carbocycles. The number of nitrogens with zero attached hydrogens (tertiary/aromatic N) is 1. The Morgan fingerprint density at radius 2 is 2.58 bits per heavy atom. The van der Waals surface area contributed by atoms with Gasteiger partial charge in [0, 0.05) is 4.75 Å². The molecule has 0 radical (unpaired) electrons. The number of hydrogen-bond donors (Lipinski definition) is 3. The van der Waals surface area contributed by atoms with E-state index in [9.17, 15) is 0 Å². The van der Waals surface area contributed by atoms with Crippen LogP contribution in [0.3, 0.4) is 0 Å². The van der Waals surface area contributed by atoms with Gasteiger partial charge in [-0.15, -0.1) is 0 Å². The highest BCUT2D eigenvalue weighted by Crippen LogP contribution is 2.37. The smallest absolute Gasteiger partial charge is 0.212 e. The van der Waals surface area contributed by atoms with Gasteiger partial charge in [-0.05, 0) is 25.5 Å². The fraction of sp³-hybridized carbons (Fsp3) is 0.857. The van der Waals surface area contributed by atoms with Crippen LogP contribution in [0.2, 0.25) is 0 Å². The van der Waals surface area contributed by atoms with Crippen molar-refractivity contribution < 1.29 is 5.21 Å². The first-order chi connectivity index (χ1) is 5.66. The maximum atomic E-state index is 8.38. The second-order valence-electron chi connectivity index (χ2n) is 3.22. The van der Waals surface area contributed by atoms with E-state index in [1.54, 1.807) is 0 Å². The fourth-order valence-electron chi connectivity index (χ4n) is 1.25. The minimum atomic E-state index is 0.101. The molecule has 1 fully saturated rings. The lowest BCUT2D eigenvalue weighted by Crippen LogP contribution is -2.31. The summed E-state index contributed by atoms with van der Waals surface area (Å²) >= 11 is 1.93. The van der Waals surface area contributed by atoms with Crippen LogP contribution < -0.4 is 11.2 Å². The summed E-state index contributed by atoms with van der Waals surface area (Å²) in [6.07, 6.45) is 2.43. The Balaban J connectivity index is 2.39. The number of aliphatic imine (C=N–C) groups is 1. The highest BCUT2D eigenvalue weighted by Gasteiger charge is 2.28. The first kappa shape index (κ1) is 9.67. The van der Waals surface area contributed by atoms with Crippen molar-refractivity contribution in [2.45, 2.75) is 24.5 Å². The molecule has 1 unspecified atom stereocenters. The van der Waals surface area contributed by atoms with Gasteiger partial charge in [-0.1, -0.05) is 0 Å². The van der Waals surface area contributed by atoms with Crippen LogP contribution in [-0.2, 0) is 0 Å². The first-order valence-electron chi connectivity index (χ1n) is 4.00. The summed E-state index contributed by atoms with van der Waals surface area (Å²) < 4.78 is 0.224. The Bertz CT molecular complexity index is 177. The van der Waals surface area contributed by atoms with E-state index in [0.29, 0.717) is 6.54 Å². The molecule has 1 saturated heterocycles. The summed E-state index contributed by atoms with van der Waals surface area (Å²) in [7, 11) is 0. The molecule has 1 rings (SSSR count). The van der Waals surface area contributed by atoms with E-state index in [1.165, 1.54) is 18.6 Å². The maximum absolute atomic E-state index is 8.38. The van der Waals surface area contributed by atoms with Crippen molar-refractivity contribution in [2.24, 2.45) is 10.7 Å². The van der Waals surface area contributed by atoms with Crippen LogP contribution in [0.5, 0.6) is 0 Å². The van der Waals surface area contributed by atoms with Gasteiger partial charge in [0.15, 0.2) is 0 Å².